The van der Waals surface area contributed by atoms with Gasteiger partial charge in [0.15, 0.2) is 11.5 Å². The van der Waals surface area contributed by atoms with Crippen LogP contribution in [0.4, 0.5) is 4.39 Å². The van der Waals surface area contributed by atoms with E-state index in [0.29, 0.717) is 31.1 Å². The fraction of sp³-hybridized carbons (Fsp3) is 0.643. The summed E-state index contributed by atoms with van der Waals surface area (Å²) in [5.41, 5.74) is 0.588. The van der Waals surface area contributed by atoms with Crippen molar-refractivity contribution in [3.05, 3.63) is 29.8 Å². The first kappa shape index (κ1) is 26.2. The number of aromatic nitrogens is 3. The molecule has 2 N–H and O–H groups in total. The Hall–Kier alpha value is -3.05. The van der Waals surface area contributed by atoms with E-state index in [4.69, 9.17) is 9.47 Å². The Kier molecular flexibility index (Phi) is 7.28. The summed E-state index contributed by atoms with van der Waals surface area (Å²) in [5, 5.41) is 10.3. The molecular formula is C28H37FN6O4. The van der Waals surface area contributed by atoms with Crippen LogP contribution in [0, 0.1) is 11.7 Å². The number of nitrogens with zero attached hydrogens (tertiary/aromatic N) is 4. The van der Waals surface area contributed by atoms with Crippen molar-refractivity contribution in [3.8, 4) is 17.1 Å². The number of rotatable bonds is 6. The summed E-state index contributed by atoms with van der Waals surface area (Å²) in [4.78, 5) is 35.0. The van der Waals surface area contributed by atoms with Crippen molar-refractivity contribution in [1.82, 2.24) is 30.3 Å². The molecule has 2 aliphatic heterocycles. The molecule has 11 heteroatoms. The van der Waals surface area contributed by atoms with E-state index in [1.54, 1.807) is 6.07 Å². The van der Waals surface area contributed by atoms with Crippen molar-refractivity contribution in [3.63, 3.8) is 0 Å². The molecule has 2 aromatic heterocycles. The Bertz CT molecular complexity index is 1200. The van der Waals surface area contributed by atoms with Crippen molar-refractivity contribution in [2.75, 3.05) is 40.0 Å². The number of likely N-dealkylation sites (tertiary alicyclic amines) is 1. The topological polar surface area (TPSA) is 113 Å². The van der Waals surface area contributed by atoms with E-state index >= 15 is 0 Å². The number of H-pyrrole nitrogens is 1. The number of methoxy groups -OCH3 is 1. The highest BCUT2D eigenvalue weighted by molar-refractivity contribution is 5.94. The summed E-state index contributed by atoms with van der Waals surface area (Å²) in [6.07, 6.45) is 8.44. The third-order valence-electron chi connectivity index (χ3n) is 9.07. The number of pyridine rings is 1. The SMILES string of the molecule is COc1cc(-c2cc(C(=O)N3CC[C@H](C(=O)N[C@H]4CC[C@@H](N5CCOCC5)CC4)CC34CC4)n[nH]2)c(F)cn1. The average molecular weight is 541 g/mol. The fourth-order valence-electron chi connectivity index (χ4n) is 6.64. The lowest BCUT2D eigenvalue weighted by molar-refractivity contribution is -0.128. The van der Waals surface area contributed by atoms with Gasteiger partial charge in [-0.1, -0.05) is 0 Å². The molecule has 4 heterocycles. The Morgan fingerprint density at radius 3 is 2.62 bits per heavy atom. The van der Waals surface area contributed by atoms with Gasteiger partial charge in [0.2, 0.25) is 11.8 Å². The highest BCUT2D eigenvalue weighted by atomic mass is 19.1. The van der Waals surface area contributed by atoms with Crippen LogP contribution in [0.3, 0.4) is 0 Å². The summed E-state index contributed by atoms with van der Waals surface area (Å²) in [6, 6.07) is 3.88. The normalized spacial score (nSPS) is 26.8. The molecule has 210 valence electrons. The van der Waals surface area contributed by atoms with E-state index in [1.807, 2.05) is 4.90 Å². The zero-order chi connectivity index (χ0) is 27.0. The average Bonchev–Trinajstić information content (AvgIpc) is 3.54. The Balaban J connectivity index is 1.04. The predicted molar refractivity (Wildman–Crippen MR) is 141 cm³/mol. The van der Waals surface area contributed by atoms with Gasteiger partial charge in [-0.15, -0.1) is 0 Å². The van der Waals surface area contributed by atoms with Gasteiger partial charge in [0.05, 0.1) is 32.2 Å². The van der Waals surface area contributed by atoms with Crippen LogP contribution in [0.2, 0.25) is 0 Å². The van der Waals surface area contributed by atoms with Crippen LogP contribution < -0.4 is 10.1 Å². The van der Waals surface area contributed by atoms with E-state index in [-0.39, 0.29) is 46.5 Å². The molecule has 0 radical (unpaired) electrons. The molecule has 4 fully saturated rings. The van der Waals surface area contributed by atoms with E-state index in [1.165, 1.54) is 13.2 Å². The first-order valence-corrected chi connectivity index (χ1v) is 14.2. The van der Waals surface area contributed by atoms with Crippen LogP contribution >= 0.6 is 0 Å². The van der Waals surface area contributed by atoms with Gasteiger partial charge >= 0.3 is 0 Å². The Morgan fingerprint density at radius 2 is 1.90 bits per heavy atom. The van der Waals surface area contributed by atoms with Crippen molar-refractivity contribution < 1.29 is 23.5 Å². The molecular weight excluding hydrogens is 503 g/mol. The zero-order valence-electron chi connectivity index (χ0n) is 22.5. The van der Waals surface area contributed by atoms with Crippen LogP contribution in [-0.2, 0) is 9.53 Å². The van der Waals surface area contributed by atoms with Gasteiger partial charge in [-0.25, -0.2) is 9.37 Å². The molecule has 2 saturated carbocycles. The summed E-state index contributed by atoms with van der Waals surface area (Å²) in [5.74, 6) is -0.388. The van der Waals surface area contributed by atoms with Gasteiger partial charge in [0.25, 0.3) is 5.91 Å². The lowest BCUT2D eigenvalue weighted by atomic mass is 9.86. The molecule has 2 aromatic rings. The largest absolute Gasteiger partial charge is 0.481 e. The maximum atomic E-state index is 14.4. The molecule has 1 spiro atoms. The smallest absolute Gasteiger partial charge is 0.274 e. The van der Waals surface area contributed by atoms with Crippen LogP contribution in [0.15, 0.2) is 18.3 Å². The minimum Gasteiger partial charge on any atom is -0.481 e. The molecule has 0 unspecified atom stereocenters. The molecule has 39 heavy (non-hydrogen) atoms. The third kappa shape index (κ3) is 5.38. The minimum atomic E-state index is -0.529. The lowest BCUT2D eigenvalue weighted by Gasteiger charge is -2.41. The standard InChI is InChI=1S/C28H37FN6O4/c1-38-25-14-21(22(29)17-30-25)23-15-24(33-32-23)27(37)35-9-6-18(16-28(35)7-8-28)26(36)31-19-2-4-20(5-3-19)34-10-12-39-13-11-34/h14-15,17-20H,2-13,16H2,1H3,(H,31,36)(H,32,33)/t18-,19-,20+/m0/s1. The maximum Gasteiger partial charge on any atom is 0.274 e. The second-order valence-electron chi connectivity index (χ2n) is 11.4. The first-order chi connectivity index (χ1) is 19.0. The number of hydrogen-bond acceptors (Lipinski definition) is 7. The van der Waals surface area contributed by atoms with Crippen LogP contribution in [0.25, 0.3) is 11.3 Å². The number of carbonyl (C=O) groups excluding carboxylic acids is 2. The molecule has 4 aliphatic rings. The quantitative estimate of drug-likeness (QED) is 0.579. The fourth-order valence-corrected chi connectivity index (χ4v) is 6.64. The summed E-state index contributed by atoms with van der Waals surface area (Å²) in [7, 11) is 1.46. The molecule has 1 atom stereocenters. The van der Waals surface area contributed by atoms with Crippen LogP contribution in [-0.4, -0.2) is 94.4 Å². The lowest BCUT2D eigenvalue weighted by Crippen LogP contribution is -2.52. The number of ether oxygens (including phenoxy) is 2. The highest BCUT2D eigenvalue weighted by Crippen LogP contribution is 2.50. The second-order valence-corrected chi connectivity index (χ2v) is 11.4. The molecule has 2 amide bonds. The molecule has 6 rings (SSSR count). The van der Waals surface area contributed by atoms with Crippen molar-refractivity contribution >= 4 is 11.8 Å². The second kappa shape index (κ2) is 10.8. The number of piperidine rings is 1. The molecule has 10 nitrogen and oxygen atoms in total. The molecule has 2 aliphatic carbocycles. The van der Waals surface area contributed by atoms with Crippen LogP contribution in [0.5, 0.6) is 5.88 Å². The molecule has 0 bridgehead atoms. The van der Waals surface area contributed by atoms with Gasteiger partial charge in [-0.2, -0.15) is 5.10 Å². The van der Waals surface area contributed by atoms with Crippen molar-refractivity contribution in [1.29, 1.82) is 0 Å². The Morgan fingerprint density at radius 1 is 1.13 bits per heavy atom. The van der Waals surface area contributed by atoms with Crippen molar-refractivity contribution in [2.24, 2.45) is 5.92 Å². The zero-order valence-corrected chi connectivity index (χ0v) is 22.5. The van der Waals surface area contributed by atoms with Gasteiger partial charge in [-0.05, 0) is 57.4 Å². The van der Waals surface area contributed by atoms with E-state index in [0.717, 1.165) is 71.0 Å². The summed E-state index contributed by atoms with van der Waals surface area (Å²) < 4.78 is 25.0. The monoisotopic (exact) mass is 540 g/mol. The number of morpholine rings is 1. The maximum absolute atomic E-state index is 14.4. The predicted octanol–water partition coefficient (Wildman–Crippen LogP) is 2.76. The molecule has 2 saturated heterocycles. The number of nitrogens with one attached hydrogen (secondary N) is 2. The number of halogens is 1. The minimum absolute atomic E-state index is 0.0818. The van der Waals surface area contributed by atoms with E-state index in [2.05, 4.69) is 25.4 Å². The summed E-state index contributed by atoms with van der Waals surface area (Å²) in [6.45, 7) is 4.17. The van der Waals surface area contributed by atoms with E-state index in [9.17, 15) is 14.0 Å². The van der Waals surface area contributed by atoms with Crippen LogP contribution in [0.1, 0.15) is 61.9 Å². The van der Waals surface area contributed by atoms with Gasteiger partial charge in [0, 0.05) is 54.8 Å². The van der Waals surface area contributed by atoms with Gasteiger partial charge in [0.1, 0.15) is 0 Å². The first-order valence-electron chi connectivity index (χ1n) is 14.2. The highest BCUT2D eigenvalue weighted by Gasteiger charge is 2.54. The number of aromatic amines is 1. The van der Waals surface area contributed by atoms with Gasteiger partial charge < -0.3 is 19.7 Å². The molecule has 0 aromatic carbocycles. The third-order valence-corrected chi connectivity index (χ3v) is 9.07. The summed E-state index contributed by atoms with van der Waals surface area (Å²) >= 11 is 0. The number of amides is 2. The Labute approximate surface area is 227 Å². The van der Waals surface area contributed by atoms with E-state index < -0.39 is 5.82 Å². The number of hydrogen-bond donors (Lipinski definition) is 2. The van der Waals surface area contributed by atoms with Gasteiger partial charge in [-0.3, -0.25) is 19.6 Å². The van der Waals surface area contributed by atoms with Crippen molar-refractivity contribution in [2.45, 2.75) is 69.0 Å². The number of carbonyl (C=O) groups is 2.